The van der Waals surface area contributed by atoms with Gasteiger partial charge in [-0.3, -0.25) is 14.9 Å². The van der Waals surface area contributed by atoms with Gasteiger partial charge in [0.05, 0.1) is 4.92 Å². The average Bonchev–Trinajstić information content (AvgIpc) is 2.17. The molecule has 0 amide bonds. The molecule has 5 heteroatoms. The molecule has 0 saturated heterocycles. The first-order chi connectivity index (χ1) is 7.33. The fourth-order valence-electron chi connectivity index (χ4n) is 1.00. The van der Waals surface area contributed by atoms with Crippen LogP contribution >= 0.6 is 0 Å². The molecule has 0 aliphatic rings. The van der Waals surface area contributed by atoms with Gasteiger partial charge in [0.15, 0.2) is 11.4 Å². The zero-order chi connectivity index (χ0) is 12.3. The van der Waals surface area contributed by atoms with E-state index in [9.17, 15) is 14.9 Å². The molecule has 0 N–H and O–H groups in total. The Bertz CT molecular complexity index is 408. The summed E-state index contributed by atoms with van der Waals surface area (Å²) in [7, 11) is 0. The van der Waals surface area contributed by atoms with Crippen molar-refractivity contribution in [2.45, 2.75) is 26.4 Å². The predicted molar refractivity (Wildman–Crippen MR) is 58.5 cm³/mol. The lowest BCUT2D eigenvalue weighted by Crippen LogP contribution is -2.36. The van der Waals surface area contributed by atoms with Crippen LogP contribution in [0.5, 0.6) is 5.75 Å². The first-order valence-electron chi connectivity index (χ1n) is 4.77. The number of nitro benzene ring substituents is 1. The lowest BCUT2D eigenvalue weighted by molar-refractivity contribution is -0.384. The first-order valence-corrected chi connectivity index (χ1v) is 4.77. The Morgan fingerprint density at radius 1 is 1.31 bits per heavy atom. The van der Waals surface area contributed by atoms with E-state index in [0.717, 1.165) is 0 Å². The van der Waals surface area contributed by atoms with Crippen LogP contribution in [0.2, 0.25) is 0 Å². The third-order valence-electron chi connectivity index (χ3n) is 2.27. The van der Waals surface area contributed by atoms with E-state index in [4.69, 9.17) is 4.74 Å². The quantitative estimate of drug-likeness (QED) is 0.580. The average molecular weight is 223 g/mol. The zero-order valence-corrected chi connectivity index (χ0v) is 9.39. The SMILES string of the molecule is CC(=O)C(C)(C)Oc1ccc([N+](=O)[O-])cc1. The summed E-state index contributed by atoms with van der Waals surface area (Å²) in [6, 6.07) is 5.63. The van der Waals surface area contributed by atoms with Crippen LogP contribution in [0, 0.1) is 10.1 Å². The number of Topliss-reactive ketones (excluding diaryl/α,β-unsaturated/α-hetero) is 1. The van der Waals surface area contributed by atoms with E-state index < -0.39 is 10.5 Å². The molecule has 1 rings (SSSR count). The van der Waals surface area contributed by atoms with Crippen molar-refractivity contribution in [3.63, 3.8) is 0 Å². The van der Waals surface area contributed by atoms with E-state index in [2.05, 4.69) is 0 Å². The minimum atomic E-state index is -0.921. The maximum atomic E-state index is 11.2. The number of hydrogen-bond acceptors (Lipinski definition) is 4. The van der Waals surface area contributed by atoms with Gasteiger partial charge in [0.1, 0.15) is 5.75 Å². The third kappa shape index (κ3) is 2.79. The molecule has 0 fully saturated rings. The van der Waals surface area contributed by atoms with Gasteiger partial charge in [0.25, 0.3) is 5.69 Å². The lowest BCUT2D eigenvalue weighted by atomic mass is 10.1. The van der Waals surface area contributed by atoms with Gasteiger partial charge >= 0.3 is 0 Å². The van der Waals surface area contributed by atoms with E-state index in [1.165, 1.54) is 31.2 Å². The molecule has 0 aliphatic carbocycles. The van der Waals surface area contributed by atoms with Gasteiger partial charge in [-0.1, -0.05) is 0 Å². The summed E-state index contributed by atoms with van der Waals surface area (Å²) in [6.45, 7) is 4.74. The number of ether oxygens (including phenoxy) is 1. The Balaban J connectivity index is 2.84. The summed E-state index contributed by atoms with van der Waals surface area (Å²) < 4.78 is 5.43. The number of carbonyl (C=O) groups is 1. The maximum absolute atomic E-state index is 11.2. The van der Waals surface area contributed by atoms with E-state index in [-0.39, 0.29) is 11.5 Å². The Hall–Kier alpha value is -1.91. The zero-order valence-electron chi connectivity index (χ0n) is 9.39. The second-order valence-corrected chi connectivity index (χ2v) is 3.92. The lowest BCUT2D eigenvalue weighted by Gasteiger charge is -2.23. The van der Waals surface area contributed by atoms with Crippen LogP contribution in [-0.4, -0.2) is 16.3 Å². The number of hydrogen-bond donors (Lipinski definition) is 0. The highest BCUT2D eigenvalue weighted by atomic mass is 16.6. The highest BCUT2D eigenvalue weighted by Crippen LogP contribution is 2.22. The van der Waals surface area contributed by atoms with Gasteiger partial charge < -0.3 is 4.74 Å². The van der Waals surface area contributed by atoms with Crippen molar-refractivity contribution in [2.75, 3.05) is 0 Å². The molecular formula is C11H13NO4. The summed E-state index contributed by atoms with van der Waals surface area (Å²) in [5.41, 5.74) is -0.927. The smallest absolute Gasteiger partial charge is 0.269 e. The Labute approximate surface area is 93.2 Å². The molecule has 0 bridgehead atoms. The molecule has 0 spiro atoms. The third-order valence-corrected chi connectivity index (χ3v) is 2.27. The highest BCUT2D eigenvalue weighted by molar-refractivity contribution is 5.84. The standard InChI is InChI=1S/C11H13NO4/c1-8(13)11(2,3)16-10-6-4-9(5-7-10)12(14)15/h4-7H,1-3H3. The molecule has 0 saturated carbocycles. The number of rotatable bonds is 4. The number of nitro groups is 1. The molecular weight excluding hydrogens is 210 g/mol. The number of non-ortho nitro benzene ring substituents is 1. The Kier molecular flexibility index (Phi) is 3.27. The largest absolute Gasteiger partial charge is 0.480 e. The van der Waals surface area contributed by atoms with Crippen LogP contribution < -0.4 is 4.74 Å². The van der Waals surface area contributed by atoms with Gasteiger partial charge in [-0.15, -0.1) is 0 Å². The van der Waals surface area contributed by atoms with Crippen molar-refractivity contribution in [3.8, 4) is 5.75 Å². The fraction of sp³-hybridized carbons (Fsp3) is 0.364. The topological polar surface area (TPSA) is 69.4 Å². The van der Waals surface area contributed by atoms with Crippen LogP contribution in [0.15, 0.2) is 24.3 Å². The predicted octanol–water partition coefficient (Wildman–Crippen LogP) is 2.34. The molecule has 16 heavy (non-hydrogen) atoms. The van der Waals surface area contributed by atoms with Crippen molar-refractivity contribution in [1.29, 1.82) is 0 Å². The van der Waals surface area contributed by atoms with Crippen molar-refractivity contribution >= 4 is 11.5 Å². The minimum Gasteiger partial charge on any atom is -0.480 e. The monoisotopic (exact) mass is 223 g/mol. The summed E-state index contributed by atoms with van der Waals surface area (Å²) in [4.78, 5) is 21.1. The summed E-state index contributed by atoms with van der Waals surface area (Å²) in [6.07, 6.45) is 0. The van der Waals surface area contributed by atoms with Crippen molar-refractivity contribution in [1.82, 2.24) is 0 Å². The van der Waals surface area contributed by atoms with Gasteiger partial charge in [-0.05, 0) is 32.9 Å². The van der Waals surface area contributed by atoms with Gasteiger partial charge in [0, 0.05) is 12.1 Å². The Morgan fingerprint density at radius 2 is 1.81 bits per heavy atom. The molecule has 1 aromatic rings. The van der Waals surface area contributed by atoms with Crippen LogP contribution in [-0.2, 0) is 4.79 Å². The van der Waals surface area contributed by atoms with Crippen LogP contribution in [0.25, 0.3) is 0 Å². The molecule has 0 aliphatic heterocycles. The normalized spacial score (nSPS) is 10.9. The molecule has 0 atom stereocenters. The van der Waals surface area contributed by atoms with Crippen LogP contribution in [0.3, 0.4) is 0 Å². The second-order valence-electron chi connectivity index (χ2n) is 3.92. The maximum Gasteiger partial charge on any atom is 0.269 e. The van der Waals surface area contributed by atoms with Crippen molar-refractivity contribution in [3.05, 3.63) is 34.4 Å². The van der Waals surface area contributed by atoms with E-state index >= 15 is 0 Å². The molecule has 0 unspecified atom stereocenters. The number of benzene rings is 1. The Morgan fingerprint density at radius 3 is 2.19 bits per heavy atom. The number of carbonyl (C=O) groups excluding carboxylic acids is 1. The van der Waals surface area contributed by atoms with Crippen LogP contribution in [0.4, 0.5) is 5.69 Å². The van der Waals surface area contributed by atoms with Crippen LogP contribution in [0.1, 0.15) is 20.8 Å². The summed E-state index contributed by atoms with van der Waals surface area (Å²) in [5.74, 6) is 0.330. The minimum absolute atomic E-state index is 0.00650. The molecule has 1 aromatic carbocycles. The fourth-order valence-corrected chi connectivity index (χ4v) is 1.00. The summed E-state index contributed by atoms with van der Waals surface area (Å²) >= 11 is 0. The van der Waals surface area contributed by atoms with E-state index in [0.29, 0.717) is 5.75 Å². The van der Waals surface area contributed by atoms with E-state index in [1.807, 2.05) is 0 Å². The molecule has 5 nitrogen and oxygen atoms in total. The first kappa shape index (κ1) is 12.2. The van der Waals surface area contributed by atoms with Gasteiger partial charge in [0.2, 0.25) is 0 Å². The molecule has 86 valence electrons. The van der Waals surface area contributed by atoms with Crippen molar-refractivity contribution in [2.24, 2.45) is 0 Å². The molecule has 0 radical (unpaired) electrons. The second kappa shape index (κ2) is 4.30. The molecule has 0 heterocycles. The molecule has 0 aromatic heterocycles. The van der Waals surface area contributed by atoms with Crippen molar-refractivity contribution < 1.29 is 14.5 Å². The number of ketones is 1. The van der Waals surface area contributed by atoms with Gasteiger partial charge in [-0.2, -0.15) is 0 Å². The summed E-state index contributed by atoms with van der Waals surface area (Å²) in [5, 5.41) is 10.4. The van der Waals surface area contributed by atoms with E-state index in [1.54, 1.807) is 13.8 Å². The van der Waals surface area contributed by atoms with Gasteiger partial charge in [-0.25, -0.2) is 0 Å². The highest BCUT2D eigenvalue weighted by Gasteiger charge is 2.25. The number of nitrogens with zero attached hydrogens (tertiary/aromatic N) is 1.